The predicted molar refractivity (Wildman–Crippen MR) is 78.1 cm³/mol. The summed E-state index contributed by atoms with van der Waals surface area (Å²) < 4.78 is 1.86. The molecule has 1 aromatic heterocycles. The zero-order chi connectivity index (χ0) is 13.2. The molecule has 0 unspecified atom stereocenters. The molecule has 2 aromatic carbocycles. The molecule has 19 heavy (non-hydrogen) atoms. The summed E-state index contributed by atoms with van der Waals surface area (Å²) >= 11 is 0. The molecule has 0 saturated heterocycles. The van der Waals surface area contributed by atoms with E-state index in [4.69, 9.17) is 5.73 Å². The third-order valence-electron chi connectivity index (χ3n) is 3.12. The monoisotopic (exact) mass is 249 g/mol. The molecule has 0 amide bonds. The van der Waals surface area contributed by atoms with Crippen molar-refractivity contribution in [2.24, 2.45) is 0 Å². The average Bonchev–Trinajstić information content (AvgIpc) is 2.92. The van der Waals surface area contributed by atoms with Crippen molar-refractivity contribution in [1.82, 2.24) is 9.78 Å². The predicted octanol–water partition coefficient (Wildman–Crippen LogP) is 3.43. The molecule has 0 spiro atoms. The molecule has 2 N–H and O–H groups in total. The van der Waals surface area contributed by atoms with Crippen LogP contribution in [0.5, 0.6) is 0 Å². The van der Waals surface area contributed by atoms with Crippen molar-refractivity contribution in [3.05, 3.63) is 66.5 Å². The van der Waals surface area contributed by atoms with Crippen LogP contribution < -0.4 is 5.73 Å². The van der Waals surface area contributed by atoms with E-state index in [0.717, 1.165) is 22.5 Å². The minimum atomic E-state index is 0.776. The maximum Gasteiger partial charge on any atom is 0.0645 e. The Balaban J connectivity index is 2.04. The Bertz CT molecular complexity index is 699. The van der Waals surface area contributed by atoms with Crippen molar-refractivity contribution in [3.8, 4) is 16.8 Å². The van der Waals surface area contributed by atoms with Gasteiger partial charge in [-0.05, 0) is 31.2 Å². The number of hydrogen-bond acceptors (Lipinski definition) is 2. The van der Waals surface area contributed by atoms with E-state index in [0.29, 0.717) is 0 Å². The van der Waals surface area contributed by atoms with Crippen molar-refractivity contribution in [2.45, 2.75) is 6.92 Å². The smallest absolute Gasteiger partial charge is 0.0645 e. The fourth-order valence-corrected chi connectivity index (χ4v) is 2.10. The first-order chi connectivity index (χ1) is 9.24. The van der Waals surface area contributed by atoms with Gasteiger partial charge in [-0.1, -0.05) is 29.8 Å². The molecule has 0 aliphatic rings. The third kappa shape index (κ3) is 2.22. The lowest BCUT2D eigenvalue weighted by atomic mass is 10.0. The summed E-state index contributed by atoms with van der Waals surface area (Å²) in [7, 11) is 0. The minimum absolute atomic E-state index is 0.776. The first-order valence-electron chi connectivity index (χ1n) is 6.20. The van der Waals surface area contributed by atoms with Crippen molar-refractivity contribution >= 4 is 5.69 Å². The van der Waals surface area contributed by atoms with Crippen LogP contribution in [0.3, 0.4) is 0 Å². The van der Waals surface area contributed by atoms with Crippen LogP contribution in [0.4, 0.5) is 5.69 Å². The number of aryl methyl sites for hydroxylation is 1. The number of anilines is 1. The molecule has 1 heterocycles. The molecular weight excluding hydrogens is 234 g/mol. The molecule has 94 valence electrons. The topological polar surface area (TPSA) is 43.8 Å². The number of hydrogen-bond donors (Lipinski definition) is 1. The number of nitrogens with zero attached hydrogens (tertiary/aromatic N) is 2. The average molecular weight is 249 g/mol. The highest BCUT2D eigenvalue weighted by atomic mass is 15.3. The number of para-hydroxylation sites is 1. The Hall–Kier alpha value is -2.55. The van der Waals surface area contributed by atoms with E-state index >= 15 is 0 Å². The molecule has 3 nitrogen and oxygen atoms in total. The molecule has 3 rings (SSSR count). The summed E-state index contributed by atoms with van der Waals surface area (Å²) in [5.74, 6) is 0. The van der Waals surface area contributed by atoms with Crippen LogP contribution in [0.2, 0.25) is 0 Å². The van der Waals surface area contributed by atoms with Crippen LogP contribution in [-0.2, 0) is 0 Å². The lowest BCUT2D eigenvalue weighted by Gasteiger charge is -2.04. The maximum absolute atomic E-state index is 6.03. The summed E-state index contributed by atoms with van der Waals surface area (Å²) in [6, 6.07) is 16.1. The van der Waals surface area contributed by atoms with E-state index in [-0.39, 0.29) is 0 Å². The Morgan fingerprint density at radius 2 is 1.84 bits per heavy atom. The normalized spacial score (nSPS) is 10.6. The van der Waals surface area contributed by atoms with Gasteiger partial charge in [0.25, 0.3) is 0 Å². The van der Waals surface area contributed by atoms with Crippen LogP contribution in [0.25, 0.3) is 16.8 Å². The summed E-state index contributed by atoms with van der Waals surface area (Å²) in [5, 5.41) is 4.39. The second-order valence-corrected chi connectivity index (χ2v) is 4.60. The SMILES string of the molecule is Cc1ccc(N)c(-c2cnn(-c3ccccc3)c2)c1. The molecule has 3 heteroatoms. The molecular formula is C16H15N3. The number of nitrogens with two attached hydrogens (primary N) is 1. The fraction of sp³-hybridized carbons (Fsp3) is 0.0625. The molecule has 3 aromatic rings. The van der Waals surface area contributed by atoms with Gasteiger partial charge in [-0.3, -0.25) is 0 Å². The summed E-state index contributed by atoms with van der Waals surface area (Å²) in [5.41, 5.74) is 11.1. The van der Waals surface area contributed by atoms with E-state index in [1.54, 1.807) is 0 Å². The van der Waals surface area contributed by atoms with Crippen molar-refractivity contribution in [1.29, 1.82) is 0 Å². The number of rotatable bonds is 2. The van der Waals surface area contributed by atoms with Crippen LogP contribution in [-0.4, -0.2) is 9.78 Å². The van der Waals surface area contributed by atoms with Crippen LogP contribution >= 0.6 is 0 Å². The number of benzene rings is 2. The largest absolute Gasteiger partial charge is 0.398 e. The lowest BCUT2D eigenvalue weighted by molar-refractivity contribution is 0.881. The Morgan fingerprint density at radius 1 is 1.05 bits per heavy atom. The van der Waals surface area contributed by atoms with Gasteiger partial charge in [-0.2, -0.15) is 5.10 Å². The Kier molecular flexibility index (Phi) is 2.80. The van der Waals surface area contributed by atoms with Gasteiger partial charge >= 0.3 is 0 Å². The first kappa shape index (κ1) is 11.5. The van der Waals surface area contributed by atoms with Crippen LogP contribution in [0.1, 0.15) is 5.56 Å². The van der Waals surface area contributed by atoms with Crippen molar-refractivity contribution in [3.63, 3.8) is 0 Å². The summed E-state index contributed by atoms with van der Waals surface area (Å²) in [4.78, 5) is 0. The lowest BCUT2D eigenvalue weighted by Crippen LogP contribution is -1.93. The van der Waals surface area contributed by atoms with Crippen LogP contribution in [0, 0.1) is 6.92 Å². The van der Waals surface area contributed by atoms with E-state index < -0.39 is 0 Å². The van der Waals surface area contributed by atoms with Gasteiger partial charge in [0.1, 0.15) is 0 Å². The van der Waals surface area contributed by atoms with E-state index in [9.17, 15) is 0 Å². The Morgan fingerprint density at radius 3 is 2.63 bits per heavy atom. The second-order valence-electron chi connectivity index (χ2n) is 4.60. The first-order valence-corrected chi connectivity index (χ1v) is 6.20. The standard InChI is InChI=1S/C16H15N3/c1-12-7-8-16(17)15(9-12)13-10-18-19(11-13)14-5-3-2-4-6-14/h2-11H,17H2,1H3. The third-order valence-corrected chi connectivity index (χ3v) is 3.12. The molecule has 0 fully saturated rings. The van der Waals surface area contributed by atoms with Gasteiger partial charge in [0.2, 0.25) is 0 Å². The highest BCUT2D eigenvalue weighted by Crippen LogP contribution is 2.27. The van der Waals surface area contributed by atoms with Crippen LogP contribution in [0.15, 0.2) is 60.9 Å². The molecule has 0 bridgehead atoms. The van der Waals surface area contributed by atoms with E-state index in [2.05, 4.69) is 18.1 Å². The molecule has 0 aliphatic heterocycles. The van der Waals surface area contributed by atoms with E-state index in [1.165, 1.54) is 5.56 Å². The summed E-state index contributed by atoms with van der Waals surface area (Å²) in [6.07, 6.45) is 3.85. The number of aromatic nitrogens is 2. The van der Waals surface area contributed by atoms with Gasteiger partial charge in [0, 0.05) is 23.0 Å². The summed E-state index contributed by atoms with van der Waals surface area (Å²) in [6.45, 7) is 2.06. The van der Waals surface area contributed by atoms with Crippen molar-refractivity contribution in [2.75, 3.05) is 5.73 Å². The quantitative estimate of drug-likeness (QED) is 0.707. The fourth-order valence-electron chi connectivity index (χ4n) is 2.10. The molecule has 0 radical (unpaired) electrons. The van der Waals surface area contributed by atoms with Gasteiger partial charge in [-0.15, -0.1) is 0 Å². The highest BCUT2D eigenvalue weighted by molar-refractivity contribution is 5.76. The minimum Gasteiger partial charge on any atom is -0.398 e. The van der Waals surface area contributed by atoms with Crippen molar-refractivity contribution < 1.29 is 0 Å². The second kappa shape index (κ2) is 4.61. The zero-order valence-corrected chi connectivity index (χ0v) is 10.7. The van der Waals surface area contributed by atoms with Gasteiger partial charge in [0.15, 0.2) is 0 Å². The van der Waals surface area contributed by atoms with E-state index in [1.807, 2.05) is 59.5 Å². The number of nitrogen functional groups attached to an aromatic ring is 1. The zero-order valence-electron chi connectivity index (χ0n) is 10.7. The van der Waals surface area contributed by atoms with Gasteiger partial charge in [0.05, 0.1) is 11.9 Å². The molecule has 0 saturated carbocycles. The van der Waals surface area contributed by atoms with Gasteiger partial charge in [-0.25, -0.2) is 4.68 Å². The molecule has 0 atom stereocenters. The highest BCUT2D eigenvalue weighted by Gasteiger charge is 2.06. The molecule has 0 aliphatic carbocycles. The maximum atomic E-state index is 6.03. The Labute approximate surface area is 112 Å². The van der Waals surface area contributed by atoms with Gasteiger partial charge < -0.3 is 5.73 Å².